The minimum atomic E-state index is -0.125. The predicted octanol–water partition coefficient (Wildman–Crippen LogP) is 1.95. The molecule has 0 bridgehead atoms. The number of imidazole rings is 1. The number of carbonyl (C=O) groups is 3. The van der Waals surface area contributed by atoms with Crippen LogP contribution < -0.4 is 5.32 Å². The van der Waals surface area contributed by atoms with Crippen molar-refractivity contribution in [1.29, 1.82) is 0 Å². The Morgan fingerprint density at radius 2 is 1.84 bits per heavy atom. The van der Waals surface area contributed by atoms with Gasteiger partial charge in [0.2, 0.25) is 17.7 Å². The molecule has 0 aliphatic carbocycles. The van der Waals surface area contributed by atoms with Crippen molar-refractivity contribution in [2.45, 2.75) is 38.8 Å². The minimum absolute atomic E-state index is 0.0437. The lowest BCUT2D eigenvalue weighted by atomic mass is 10.2. The van der Waals surface area contributed by atoms with Gasteiger partial charge in [0.25, 0.3) is 0 Å². The van der Waals surface area contributed by atoms with Gasteiger partial charge in [-0.15, -0.1) is 0 Å². The minimum Gasteiger partial charge on any atom is -0.337 e. The molecule has 0 atom stereocenters. The molecule has 0 spiro atoms. The molecule has 3 amide bonds. The van der Waals surface area contributed by atoms with Crippen LogP contribution in [0.5, 0.6) is 0 Å². The van der Waals surface area contributed by atoms with Gasteiger partial charge in [-0.1, -0.05) is 12.1 Å². The van der Waals surface area contributed by atoms with Crippen LogP contribution in [0.25, 0.3) is 0 Å². The van der Waals surface area contributed by atoms with Crippen molar-refractivity contribution in [3.8, 4) is 0 Å². The molecule has 7 heteroatoms. The molecule has 0 radical (unpaired) electrons. The van der Waals surface area contributed by atoms with Crippen LogP contribution in [0.15, 0.2) is 43.0 Å². The molecule has 7 nitrogen and oxygen atoms in total. The van der Waals surface area contributed by atoms with E-state index in [2.05, 4.69) is 10.3 Å². The van der Waals surface area contributed by atoms with Crippen molar-refractivity contribution in [2.75, 3.05) is 5.32 Å². The van der Waals surface area contributed by atoms with Crippen LogP contribution in [-0.4, -0.2) is 32.2 Å². The molecule has 0 saturated carbocycles. The molecule has 1 aromatic heterocycles. The Morgan fingerprint density at radius 3 is 2.48 bits per heavy atom. The summed E-state index contributed by atoms with van der Waals surface area (Å²) in [5.41, 5.74) is 1.57. The predicted molar refractivity (Wildman–Crippen MR) is 91.3 cm³/mol. The smallest absolute Gasteiger partial charge is 0.229 e. The fourth-order valence-corrected chi connectivity index (χ4v) is 2.74. The second-order valence-electron chi connectivity index (χ2n) is 6.02. The molecule has 2 heterocycles. The number of carbonyl (C=O) groups excluding carboxylic acids is 3. The Hall–Kier alpha value is -2.96. The topological polar surface area (TPSA) is 84.3 Å². The Labute approximate surface area is 145 Å². The fourth-order valence-electron chi connectivity index (χ4n) is 2.74. The van der Waals surface area contributed by atoms with Crippen molar-refractivity contribution >= 4 is 23.4 Å². The van der Waals surface area contributed by atoms with Gasteiger partial charge >= 0.3 is 0 Å². The average molecular weight is 340 g/mol. The zero-order chi connectivity index (χ0) is 17.6. The highest BCUT2D eigenvalue weighted by atomic mass is 16.2. The van der Waals surface area contributed by atoms with Crippen LogP contribution in [0.3, 0.4) is 0 Å². The van der Waals surface area contributed by atoms with Crippen LogP contribution in [0.1, 0.15) is 31.2 Å². The van der Waals surface area contributed by atoms with E-state index in [1.54, 1.807) is 24.7 Å². The number of amides is 3. The zero-order valence-electron chi connectivity index (χ0n) is 13.9. The number of benzene rings is 1. The van der Waals surface area contributed by atoms with Gasteiger partial charge in [-0.05, 0) is 24.1 Å². The summed E-state index contributed by atoms with van der Waals surface area (Å²) < 4.78 is 1.93. The first-order valence-corrected chi connectivity index (χ1v) is 8.29. The van der Waals surface area contributed by atoms with Crippen LogP contribution >= 0.6 is 0 Å². The standard InChI is InChI=1S/C18H20N4O3/c23-16(2-1-10-21-11-9-19-13-21)20-15-5-3-14(4-6-15)12-22-17(24)7-8-18(22)25/h3-6,9,11,13H,1-2,7-8,10,12H2,(H,20,23). The number of nitrogens with one attached hydrogen (secondary N) is 1. The number of hydrogen-bond acceptors (Lipinski definition) is 4. The van der Waals surface area contributed by atoms with E-state index in [9.17, 15) is 14.4 Å². The molecule has 1 N–H and O–H groups in total. The van der Waals surface area contributed by atoms with Gasteiger partial charge in [-0.2, -0.15) is 0 Å². The third kappa shape index (κ3) is 4.53. The third-order valence-corrected chi connectivity index (χ3v) is 4.11. The van der Waals surface area contributed by atoms with E-state index in [0.29, 0.717) is 24.9 Å². The highest BCUT2D eigenvalue weighted by Gasteiger charge is 2.28. The van der Waals surface area contributed by atoms with Crippen LogP contribution in [0, 0.1) is 0 Å². The average Bonchev–Trinajstić information content (AvgIpc) is 3.22. The Balaban J connectivity index is 1.46. The summed E-state index contributed by atoms with van der Waals surface area (Å²) in [7, 11) is 0. The number of likely N-dealkylation sites (tertiary alicyclic amines) is 1. The summed E-state index contributed by atoms with van der Waals surface area (Å²) in [4.78, 5) is 40.5. The quantitative estimate of drug-likeness (QED) is 0.781. The lowest BCUT2D eigenvalue weighted by molar-refractivity contribution is -0.139. The number of aryl methyl sites for hydroxylation is 1. The van der Waals surface area contributed by atoms with Crippen molar-refractivity contribution in [3.05, 3.63) is 48.5 Å². The van der Waals surface area contributed by atoms with Crippen molar-refractivity contribution < 1.29 is 14.4 Å². The van der Waals surface area contributed by atoms with Crippen molar-refractivity contribution in [3.63, 3.8) is 0 Å². The Morgan fingerprint density at radius 1 is 1.12 bits per heavy atom. The molecule has 25 heavy (non-hydrogen) atoms. The first kappa shape index (κ1) is 16.9. The van der Waals surface area contributed by atoms with Crippen molar-refractivity contribution in [1.82, 2.24) is 14.5 Å². The summed E-state index contributed by atoms with van der Waals surface area (Å²) >= 11 is 0. The number of rotatable bonds is 7. The first-order chi connectivity index (χ1) is 12.1. The molecular weight excluding hydrogens is 320 g/mol. The second kappa shape index (κ2) is 7.74. The van der Waals surface area contributed by atoms with E-state index >= 15 is 0 Å². The summed E-state index contributed by atoms with van der Waals surface area (Å²) in [6.45, 7) is 1.04. The lowest BCUT2D eigenvalue weighted by Gasteiger charge is -2.14. The maximum atomic E-state index is 12.0. The molecule has 3 rings (SSSR count). The number of imide groups is 1. The summed E-state index contributed by atoms with van der Waals surface area (Å²) in [6, 6.07) is 7.21. The van der Waals surface area contributed by atoms with Gasteiger partial charge in [-0.25, -0.2) is 4.98 Å². The van der Waals surface area contributed by atoms with Gasteiger partial charge < -0.3 is 9.88 Å². The lowest BCUT2D eigenvalue weighted by Crippen LogP contribution is -2.28. The van der Waals surface area contributed by atoms with Gasteiger partial charge in [0.1, 0.15) is 0 Å². The number of anilines is 1. The highest BCUT2D eigenvalue weighted by Crippen LogP contribution is 2.17. The molecule has 1 aliphatic rings. The maximum absolute atomic E-state index is 12.0. The van der Waals surface area contributed by atoms with E-state index in [0.717, 1.165) is 18.5 Å². The van der Waals surface area contributed by atoms with Gasteiger partial charge in [0.15, 0.2) is 0 Å². The molecular formula is C18H20N4O3. The van der Waals surface area contributed by atoms with Gasteiger partial charge in [0, 0.05) is 43.9 Å². The number of aromatic nitrogens is 2. The molecule has 130 valence electrons. The first-order valence-electron chi connectivity index (χ1n) is 8.29. The van der Waals surface area contributed by atoms with E-state index in [1.807, 2.05) is 22.9 Å². The van der Waals surface area contributed by atoms with Crippen LogP contribution in [-0.2, 0) is 27.5 Å². The Bertz CT molecular complexity index is 737. The monoisotopic (exact) mass is 340 g/mol. The van der Waals surface area contributed by atoms with Gasteiger partial charge in [0.05, 0.1) is 12.9 Å². The normalized spacial score (nSPS) is 14.2. The molecule has 0 unspecified atom stereocenters. The maximum Gasteiger partial charge on any atom is 0.229 e. The number of nitrogens with zero attached hydrogens (tertiary/aromatic N) is 3. The van der Waals surface area contributed by atoms with E-state index in [-0.39, 0.29) is 24.3 Å². The summed E-state index contributed by atoms with van der Waals surface area (Å²) in [6.07, 6.45) is 7.07. The largest absolute Gasteiger partial charge is 0.337 e. The van der Waals surface area contributed by atoms with E-state index < -0.39 is 0 Å². The molecule has 1 aromatic carbocycles. The van der Waals surface area contributed by atoms with Crippen LogP contribution in [0.4, 0.5) is 5.69 Å². The van der Waals surface area contributed by atoms with Gasteiger partial charge in [-0.3, -0.25) is 19.3 Å². The fraction of sp³-hybridized carbons (Fsp3) is 0.333. The SMILES string of the molecule is O=C(CCCn1ccnc1)Nc1ccc(CN2C(=O)CCC2=O)cc1. The van der Waals surface area contributed by atoms with Crippen molar-refractivity contribution in [2.24, 2.45) is 0 Å². The molecule has 1 aliphatic heterocycles. The summed E-state index contributed by atoms with van der Waals surface area (Å²) in [5.74, 6) is -0.293. The third-order valence-electron chi connectivity index (χ3n) is 4.11. The highest BCUT2D eigenvalue weighted by molar-refractivity contribution is 6.01. The zero-order valence-corrected chi connectivity index (χ0v) is 13.9. The van der Waals surface area contributed by atoms with E-state index in [1.165, 1.54) is 4.90 Å². The second-order valence-corrected chi connectivity index (χ2v) is 6.02. The number of hydrogen-bond donors (Lipinski definition) is 1. The molecule has 1 fully saturated rings. The molecule has 1 saturated heterocycles. The molecule has 2 aromatic rings. The van der Waals surface area contributed by atoms with E-state index in [4.69, 9.17) is 0 Å². The Kier molecular flexibility index (Phi) is 5.23. The summed E-state index contributed by atoms with van der Waals surface area (Å²) in [5, 5.41) is 2.85. The van der Waals surface area contributed by atoms with Crippen LogP contribution in [0.2, 0.25) is 0 Å².